The molecule has 0 unspecified atom stereocenters. The second-order valence-electron chi connectivity index (χ2n) is 4.22. The Hall–Kier alpha value is -1.75. The van der Waals surface area contributed by atoms with E-state index in [0.717, 1.165) is 34.5 Å². The Balaban J connectivity index is 2.02. The molecular formula is C15H19NO3S. The number of nitrogens with one attached hydrogen (secondary N) is 1. The van der Waals surface area contributed by atoms with Gasteiger partial charge in [0.1, 0.15) is 23.0 Å². The fourth-order valence-electron chi connectivity index (χ4n) is 1.86. The van der Waals surface area contributed by atoms with E-state index < -0.39 is 0 Å². The summed E-state index contributed by atoms with van der Waals surface area (Å²) in [7, 11) is 3.28. The highest BCUT2D eigenvalue weighted by atomic mass is 32.2. The quantitative estimate of drug-likeness (QED) is 0.841. The molecule has 0 bridgehead atoms. The Kier molecular flexibility index (Phi) is 5.24. The van der Waals surface area contributed by atoms with E-state index in [-0.39, 0.29) is 0 Å². The second-order valence-corrected chi connectivity index (χ2v) is 5.09. The van der Waals surface area contributed by atoms with Crippen molar-refractivity contribution in [2.75, 3.05) is 25.8 Å². The van der Waals surface area contributed by atoms with Crippen LogP contribution in [0, 0.1) is 0 Å². The summed E-state index contributed by atoms with van der Waals surface area (Å²) in [6.07, 6.45) is 2.06. The first kappa shape index (κ1) is 14.7. The van der Waals surface area contributed by atoms with Gasteiger partial charge in [-0.25, -0.2) is 0 Å². The second kappa shape index (κ2) is 7.14. The van der Waals surface area contributed by atoms with Crippen molar-refractivity contribution in [2.24, 2.45) is 0 Å². The zero-order valence-electron chi connectivity index (χ0n) is 11.9. The van der Waals surface area contributed by atoms with Gasteiger partial charge in [-0.05, 0) is 30.5 Å². The number of hydrogen-bond donors (Lipinski definition) is 1. The normalized spacial score (nSPS) is 10.3. The first-order valence-corrected chi connectivity index (χ1v) is 7.68. The molecule has 0 spiro atoms. The summed E-state index contributed by atoms with van der Waals surface area (Å²) in [6.45, 7) is 0.622. The van der Waals surface area contributed by atoms with Gasteiger partial charge in [-0.3, -0.25) is 0 Å². The van der Waals surface area contributed by atoms with Crippen molar-refractivity contribution in [3.05, 3.63) is 41.9 Å². The van der Waals surface area contributed by atoms with Gasteiger partial charge in [0, 0.05) is 6.07 Å². The minimum Gasteiger partial charge on any atom is -0.497 e. The topological polar surface area (TPSA) is 43.6 Å². The van der Waals surface area contributed by atoms with Crippen LogP contribution >= 0.6 is 11.8 Å². The molecule has 2 rings (SSSR count). The molecule has 20 heavy (non-hydrogen) atoms. The van der Waals surface area contributed by atoms with Crippen molar-refractivity contribution in [3.8, 4) is 11.5 Å². The highest BCUT2D eigenvalue weighted by molar-refractivity contribution is 7.97. The lowest BCUT2D eigenvalue weighted by atomic mass is 10.2. The van der Waals surface area contributed by atoms with E-state index in [1.165, 1.54) is 0 Å². The highest BCUT2D eigenvalue weighted by Crippen LogP contribution is 2.29. The minimum absolute atomic E-state index is 0.622. The molecule has 108 valence electrons. The van der Waals surface area contributed by atoms with Gasteiger partial charge in [0.2, 0.25) is 0 Å². The fraction of sp³-hybridized carbons (Fsp3) is 0.333. The average Bonchev–Trinajstić information content (AvgIpc) is 2.93. The summed E-state index contributed by atoms with van der Waals surface area (Å²) in [5.74, 6) is 4.32. The molecule has 0 atom stereocenters. The Morgan fingerprint density at radius 1 is 1.10 bits per heavy atom. The first-order valence-electron chi connectivity index (χ1n) is 6.29. The van der Waals surface area contributed by atoms with E-state index in [0.29, 0.717) is 6.54 Å². The van der Waals surface area contributed by atoms with E-state index in [2.05, 4.69) is 11.6 Å². The molecule has 1 aromatic heterocycles. The monoisotopic (exact) mass is 293 g/mol. The van der Waals surface area contributed by atoms with Crippen molar-refractivity contribution in [1.29, 1.82) is 0 Å². The maximum atomic E-state index is 5.72. The first-order chi connectivity index (χ1) is 9.76. The van der Waals surface area contributed by atoms with E-state index in [1.807, 2.05) is 30.3 Å². The molecule has 0 aliphatic carbocycles. The number of furan rings is 1. The lowest BCUT2D eigenvalue weighted by molar-refractivity contribution is 0.395. The Labute approximate surface area is 123 Å². The van der Waals surface area contributed by atoms with Crippen LogP contribution in [-0.4, -0.2) is 20.5 Å². The van der Waals surface area contributed by atoms with Gasteiger partial charge in [0.05, 0.1) is 32.2 Å². The number of methoxy groups -OCH3 is 2. The zero-order chi connectivity index (χ0) is 14.4. The Morgan fingerprint density at radius 2 is 1.90 bits per heavy atom. The maximum absolute atomic E-state index is 5.72. The molecule has 1 aromatic carbocycles. The molecule has 0 aliphatic rings. The van der Waals surface area contributed by atoms with E-state index in [4.69, 9.17) is 13.9 Å². The van der Waals surface area contributed by atoms with Crippen molar-refractivity contribution in [3.63, 3.8) is 0 Å². The largest absolute Gasteiger partial charge is 0.497 e. The van der Waals surface area contributed by atoms with Gasteiger partial charge in [0.25, 0.3) is 0 Å². The van der Waals surface area contributed by atoms with Crippen LogP contribution < -0.4 is 14.8 Å². The van der Waals surface area contributed by atoms with Crippen LogP contribution in [0.15, 0.2) is 34.7 Å². The van der Waals surface area contributed by atoms with Crippen molar-refractivity contribution < 1.29 is 13.9 Å². The van der Waals surface area contributed by atoms with Crippen LogP contribution in [0.4, 0.5) is 5.69 Å². The lowest BCUT2D eigenvalue weighted by Crippen LogP contribution is -2.00. The van der Waals surface area contributed by atoms with Crippen molar-refractivity contribution in [1.82, 2.24) is 0 Å². The molecule has 1 N–H and O–H groups in total. The van der Waals surface area contributed by atoms with Gasteiger partial charge in [0.15, 0.2) is 0 Å². The summed E-state index contributed by atoms with van der Waals surface area (Å²) < 4.78 is 16.2. The summed E-state index contributed by atoms with van der Waals surface area (Å²) in [6, 6.07) is 9.69. The predicted octanol–water partition coefficient (Wildman–Crippen LogP) is 3.77. The predicted molar refractivity (Wildman–Crippen MR) is 82.8 cm³/mol. The molecule has 0 saturated heterocycles. The summed E-state index contributed by atoms with van der Waals surface area (Å²) in [4.78, 5) is 0. The van der Waals surface area contributed by atoms with Crippen LogP contribution in [-0.2, 0) is 12.3 Å². The Bertz CT molecular complexity index is 554. The SMILES string of the molecule is COc1ccc(NCc2ccc(CSC)o2)c(OC)c1. The Morgan fingerprint density at radius 3 is 2.60 bits per heavy atom. The summed E-state index contributed by atoms with van der Waals surface area (Å²) in [5.41, 5.74) is 0.913. The third kappa shape index (κ3) is 3.63. The summed E-state index contributed by atoms with van der Waals surface area (Å²) in [5, 5.41) is 3.31. The molecule has 5 heteroatoms. The number of rotatable bonds is 7. The maximum Gasteiger partial charge on any atom is 0.145 e. The minimum atomic E-state index is 0.622. The highest BCUT2D eigenvalue weighted by Gasteiger charge is 2.06. The molecule has 0 saturated carbocycles. The van der Waals surface area contributed by atoms with Gasteiger partial charge in [-0.2, -0.15) is 11.8 Å². The van der Waals surface area contributed by atoms with E-state index >= 15 is 0 Å². The zero-order valence-corrected chi connectivity index (χ0v) is 12.8. The molecule has 4 nitrogen and oxygen atoms in total. The van der Waals surface area contributed by atoms with Gasteiger partial charge in [-0.1, -0.05) is 0 Å². The number of thioether (sulfide) groups is 1. The van der Waals surface area contributed by atoms with E-state index in [9.17, 15) is 0 Å². The van der Waals surface area contributed by atoms with Gasteiger partial charge >= 0.3 is 0 Å². The van der Waals surface area contributed by atoms with Crippen LogP contribution in [0.25, 0.3) is 0 Å². The van der Waals surface area contributed by atoms with Crippen LogP contribution in [0.3, 0.4) is 0 Å². The molecular weight excluding hydrogens is 274 g/mol. The number of ether oxygens (including phenoxy) is 2. The van der Waals surface area contributed by atoms with Crippen LogP contribution in [0.5, 0.6) is 11.5 Å². The van der Waals surface area contributed by atoms with Crippen LogP contribution in [0.1, 0.15) is 11.5 Å². The van der Waals surface area contributed by atoms with Crippen molar-refractivity contribution >= 4 is 17.4 Å². The summed E-state index contributed by atoms with van der Waals surface area (Å²) >= 11 is 1.74. The molecule has 0 radical (unpaired) electrons. The number of hydrogen-bond acceptors (Lipinski definition) is 5. The third-order valence-electron chi connectivity index (χ3n) is 2.87. The molecule has 0 amide bonds. The molecule has 0 fully saturated rings. The van der Waals surface area contributed by atoms with Gasteiger partial charge in [-0.15, -0.1) is 0 Å². The standard InChI is InChI=1S/C15H19NO3S/c1-17-11-6-7-14(15(8-11)18-2)16-9-12-4-5-13(19-12)10-20-3/h4-8,16H,9-10H2,1-3H3. The van der Waals surface area contributed by atoms with Gasteiger partial charge < -0.3 is 19.2 Å². The van der Waals surface area contributed by atoms with Crippen LogP contribution in [0.2, 0.25) is 0 Å². The number of benzene rings is 1. The third-order valence-corrected chi connectivity index (χ3v) is 3.44. The smallest absolute Gasteiger partial charge is 0.145 e. The lowest BCUT2D eigenvalue weighted by Gasteiger charge is -2.11. The average molecular weight is 293 g/mol. The fourth-order valence-corrected chi connectivity index (χ4v) is 2.30. The molecule has 0 aliphatic heterocycles. The number of anilines is 1. The van der Waals surface area contributed by atoms with E-state index in [1.54, 1.807) is 26.0 Å². The van der Waals surface area contributed by atoms with Crippen molar-refractivity contribution in [2.45, 2.75) is 12.3 Å². The molecule has 1 heterocycles. The molecule has 2 aromatic rings.